The van der Waals surface area contributed by atoms with Gasteiger partial charge < -0.3 is 5.32 Å². The van der Waals surface area contributed by atoms with E-state index >= 15 is 0 Å². The molecule has 0 saturated heterocycles. The van der Waals surface area contributed by atoms with E-state index in [1.807, 2.05) is 0 Å². The van der Waals surface area contributed by atoms with Crippen molar-refractivity contribution < 1.29 is 0 Å². The minimum Gasteiger partial charge on any atom is -0.378 e. The summed E-state index contributed by atoms with van der Waals surface area (Å²) < 4.78 is 0. The van der Waals surface area contributed by atoms with Crippen LogP contribution in [0.1, 0.15) is 36.9 Å². The van der Waals surface area contributed by atoms with E-state index in [9.17, 15) is 0 Å². The Hall–Kier alpha value is -1.76. The molecule has 0 fully saturated rings. The standard InChI is InChI=1S/C18H21N/c1-2-8-16-13-15-11-6-7-12-17(15)19-18(16)14-9-4-3-5-10-14/h3-7,9-12,16,18-19H,2,8,13H2,1H3. The summed E-state index contributed by atoms with van der Waals surface area (Å²) in [6.45, 7) is 2.28. The maximum Gasteiger partial charge on any atom is 0.0545 e. The van der Waals surface area contributed by atoms with E-state index in [-0.39, 0.29) is 0 Å². The van der Waals surface area contributed by atoms with E-state index in [1.54, 1.807) is 0 Å². The lowest BCUT2D eigenvalue weighted by molar-refractivity contribution is 0.404. The molecule has 0 spiro atoms. The van der Waals surface area contributed by atoms with Crippen molar-refractivity contribution >= 4 is 5.69 Å². The Morgan fingerprint density at radius 2 is 1.74 bits per heavy atom. The molecular formula is C18H21N. The summed E-state index contributed by atoms with van der Waals surface area (Å²) in [5, 5.41) is 3.75. The van der Waals surface area contributed by atoms with Crippen LogP contribution in [0.15, 0.2) is 54.6 Å². The number of hydrogen-bond acceptors (Lipinski definition) is 1. The molecule has 1 heterocycles. The summed E-state index contributed by atoms with van der Waals surface area (Å²) in [5.74, 6) is 0.697. The highest BCUT2D eigenvalue weighted by Gasteiger charge is 2.28. The van der Waals surface area contributed by atoms with Gasteiger partial charge in [0.15, 0.2) is 0 Å². The van der Waals surface area contributed by atoms with E-state index in [4.69, 9.17) is 0 Å². The van der Waals surface area contributed by atoms with Crippen LogP contribution in [0.2, 0.25) is 0 Å². The molecule has 0 saturated carbocycles. The largest absolute Gasteiger partial charge is 0.378 e. The van der Waals surface area contributed by atoms with Crippen molar-refractivity contribution in [1.29, 1.82) is 0 Å². The molecule has 98 valence electrons. The number of anilines is 1. The summed E-state index contributed by atoms with van der Waals surface area (Å²) in [4.78, 5) is 0. The molecular weight excluding hydrogens is 230 g/mol. The molecule has 2 unspecified atom stereocenters. The molecule has 19 heavy (non-hydrogen) atoms. The van der Waals surface area contributed by atoms with E-state index in [2.05, 4.69) is 66.8 Å². The monoisotopic (exact) mass is 251 g/mol. The Labute approximate surface area is 115 Å². The quantitative estimate of drug-likeness (QED) is 0.825. The number of nitrogens with one attached hydrogen (secondary N) is 1. The first-order valence-electron chi connectivity index (χ1n) is 7.28. The zero-order valence-corrected chi connectivity index (χ0v) is 11.5. The fourth-order valence-electron chi connectivity index (χ4n) is 3.18. The molecule has 3 rings (SSSR count). The van der Waals surface area contributed by atoms with Gasteiger partial charge in [0.1, 0.15) is 0 Å². The van der Waals surface area contributed by atoms with Crippen LogP contribution in [0.3, 0.4) is 0 Å². The molecule has 1 N–H and O–H groups in total. The van der Waals surface area contributed by atoms with Gasteiger partial charge in [0.25, 0.3) is 0 Å². The number of para-hydroxylation sites is 1. The Bertz CT molecular complexity index is 532. The fraction of sp³-hybridized carbons (Fsp3) is 0.333. The molecule has 0 amide bonds. The third kappa shape index (κ3) is 2.51. The normalized spacial score (nSPS) is 21.5. The van der Waals surface area contributed by atoms with Gasteiger partial charge in [-0.15, -0.1) is 0 Å². The molecule has 2 aromatic carbocycles. The van der Waals surface area contributed by atoms with Crippen molar-refractivity contribution in [3.05, 3.63) is 65.7 Å². The lowest BCUT2D eigenvalue weighted by Crippen LogP contribution is -2.27. The molecule has 1 aliphatic rings. The molecule has 1 nitrogen and oxygen atoms in total. The number of fused-ring (bicyclic) bond motifs is 1. The predicted octanol–water partition coefficient (Wildman–Crippen LogP) is 4.81. The number of hydrogen-bond donors (Lipinski definition) is 1. The van der Waals surface area contributed by atoms with Gasteiger partial charge in [0.05, 0.1) is 6.04 Å². The van der Waals surface area contributed by atoms with Crippen LogP contribution < -0.4 is 5.32 Å². The molecule has 2 atom stereocenters. The zero-order valence-electron chi connectivity index (χ0n) is 11.5. The topological polar surface area (TPSA) is 12.0 Å². The molecule has 0 aromatic heterocycles. The first-order chi connectivity index (χ1) is 9.38. The summed E-state index contributed by atoms with van der Waals surface area (Å²) in [7, 11) is 0. The van der Waals surface area contributed by atoms with Crippen LogP contribution >= 0.6 is 0 Å². The SMILES string of the molecule is CCCC1Cc2ccccc2NC1c1ccccc1. The van der Waals surface area contributed by atoms with E-state index in [0.29, 0.717) is 12.0 Å². The lowest BCUT2D eigenvalue weighted by Gasteiger charge is -2.35. The lowest BCUT2D eigenvalue weighted by atomic mass is 9.81. The highest BCUT2D eigenvalue weighted by molar-refractivity contribution is 5.55. The summed E-state index contributed by atoms with van der Waals surface area (Å²) in [6.07, 6.45) is 3.72. The smallest absolute Gasteiger partial charge is 0.0545 e. The molecule has 0 radical (unpaired) electrons. The maximum atomic E-state index is 3.75. The predicted molar refractivity (Wildman–Crippen MR) is 81.3 cm³/mol. The van der Waals surface area contributed by atoms with Crippen molar-refractivity contribution in [2.24, 2.45) is 5.92 Å². The van der Waals surface area contributed by atoms with Crippen molar-refractivity contribution in [3.8, 4) is 0 Å². The van der Waals surface area contributed by atoms with Crippen LogP contribution in [0.25, 0.3) is 0 Å². The van der Waals surface area contributed by atoms with Gasteiger partial charge in [0, 0.05) is 5.69 Å². The van der Waals surface area contributed by atoms with Crippen LogP contribution in [-0.4, -0.2) is 0 Å². The third-order valence-corrected chi connectivity index (χ3v) is 4.10. The van der Waals surface area contributed by atoms with Gasteiger partial charge in [-0.25, -0.2) is 0 Å². The van der Waals surface area contributed by atoms with Crippen molar-refractivity contribution in [2.45, 2.75) is 32.2 Å². The molecule has 0 aliphatic carbocycles. The second kappa shape index (κ2) is 5.48. The molecule has 0 bridgehead atoms. The van der Waals surface area contributed by atoms with E-state index in [0.717, 1.165) is 0 Å². The maximum absolute atomic E-state index is 3.75. The zero-order chi connectivity index (χ0) is 13.1. The highest BCUT2D eigenvalue weighted by atomic mass is 14.9. The van der Waals surface area contributed by atoms with Crippen molar-refractivity contribution in [2.75, 3.05) is 5.32 Å². The molecule has 1 heteroatoms. The van der Waals surface area contributed by atoms with Gasteiger partial charge in [-0.3, -0.25) is 0 Å². The fourth-order valence-corrected chi connectivity index (χ4v) is 3.18. The Kier molecular flexibility index (Phi) is 3.54. The minimum absolute atomic E-state index is 0.455. The van der Waals surface area contributed by atoms with Crippen LogP contribution in [0, 0.1) is 5.92 Å². The number of benzene rings is 2. The average molecular weight is 251 g/mol. The summed E-state index contributed by atoms with van der Waals surface area (Å²) in [5.41, 5.74) is 4.19. The highest BCUT2D eigenvalue weighted by Crippen LogP contribution is 2.38. The minimum atomic E-state index is 0.455. The van der Waals surface area contributed by atoms with Gasteiger partial charge >= 0.3 is 0 Å². The van der Waals surface area contributed by atoms with Crippen LogP contribution in [0.4, 0.5) is 5.69 Å². The Morgan fingerprint density at radius 3 is 2.53 bits per heavy atom. The third-order valence-electron chi connectivity index (χ3n) is 4.10. The van der Waals surface area contributed by atoms with E-state index in [1.165, 1.54) is 36.1 Å². The summed E-state index contributed by atoms with van der Waals surface area (Å²) in [6, 6.07) is 20.0. The number of rotatable bonds is 3. The van der Waals surface area contributed by atoms with E-state index < -0.39 is 0 Å². The Morgan fingerprint density at radius 1 is 1.00 bits per heavy atom. The van der Waals surface area contributed by atoms with Crippen LogP contribution in [0.5, 0.6) is 0 Å². The average Bonchev–Trinajstić information content (AvgIpc) is 2.48. The Balaban J connectivity index is 1.94. The van der Waals surface area contributed by atoms with Gasteiger partial charge in [-0.1, -0.05) is 61.9 Å². The van der Waals surface area contributed by atoms with Gasteiger partial charge in [-0.05, 0) is 36.0 Å². The second-order valence-electron chi connectivity index (χ2n) is 5.44. The first-order valence-corrected chi connectivity index (χ1v) is 7.28. The van der Waals surface area contributed by atoms with Crippen molar-refractivity contribution in [1.82, 2.24) is 0 Å². The second-order valence-corrected chi connectivity index (χ2v) is 5.44. The van der Waals surface area contributed by atoms with Gasteiger partial charge in [0.2, 0.25) is 0 Å². The molecule has 2 aromatic rings. The molecule has 1 aliphatic heterocycles. The first kappa shape index (κ1) is 12.3. The van der Waals surface area contributed by atoms with Crippen molar-refractivity contribution in [3.63, 3.8) is 0 Å². The van der Waals surface area contributed by atoms with Crippen LogP contribution in [-0.2, 0) is 6.42 Å². The summed E-state index contributed by atoms with van der Waals surface area (Å²) >= 11 is 0. The van der Waals surface area contributed by atoms with Gasteiger partial charge in [-0.2, -0.15) is 0 Å².